The van der Waals surface area contributed by atoms with Gasteiger partial charge in [-0.05, 0) is 25.7 Å². The quantitative estimate of drug-likeness (QED) is 0.709. The van der Waals surface area contributed by atoms with Gasteiger partial charge in [-0.3, -0.25) is 9.59 Å². The number of rotatable bonds is 2. The fourth-order valence-electron chi connectivity index (χ4n) is 2.26. The van der Waals surface area contributed by atoms with Gasteiger partial charge in [0.15, 0.2) is 0 Å². The molecule has 1 aliphatic carbocycles. The summed E-state index contributed by atoms with van der Waals surface area (Å²) in [5, 5.41) is 8.82. The summed E-state index contributed by atoms with van der Waals surface area (Å²) in [4.78, 5) is 24.4. The Balaban J connectivity index is 1.94. The molecule has 0 aromatic heterocycles. The van der Waals surface area contributed by atoms with Gasteiger partial charge >= 0.3 is 5.97 Å². The van der Waals surface area contributed by atoms with Crippen molar-refractivity contribution in [3.8, 4) is 0 Å². The van der Waals surface area contributed by atoms with Crippen molar-refractivity contribution in [1.82, 2.24) is 4.90 Å². The maximum absolute atomic E-state index is 11.8. The molecule has 78 valence electrons. The molecule has 1 amide bonds. The van der Waals surface area contributed by atoms with Crippen LogP contribution in [-0.2, 0) is 9.59 Å². The van der Waals surface area contributed by atoms with E-state index in [-0.39, 0.29) is 11.8 Å². The molecule has 0 bridgehead atoms. The molecule has 0 spiro atoms. The molecule has 1 aliphatic heterocycles. The number of carbonyl (C=O) groups excluding carboxylic acids is 1. The number of carboxylic acids is 1. The normalized spacial score (nSPS) is 31.3. The Morgan fingerprint density at radius 3 is 2.07 bits per heavy atom. The van der Waals surface area contributed by atoms with Crippen LogP contribution in [0, 0.1) is 11.8 Å². The number of likely N-dealkylation sites (tertiary alicyclic amines) is 1. The Morgan fingerprint density at radius 2 is 1.64 bits per heavy atom. The maximum atomic E-state index is 11.8. The molecule has 0 aromatic carbocycles. The molecule has 2 aliphatic rings. The van der Waals surface area contributed by atoms with Gasteiger partial charge in [0.1, 0.15) is 0 Å². The van der Waals surface area contributed by atoms with E-state index in [0.29, 0.717) is 6.42 Å². The second kappa shape index (κ2) is 3.59. The van der Waals surface area contributed by atoms with Crippen molar-refractivity contribution in [2.75, 3.05) is 13.1 Å². The minimum Gasteiger partial charge on any atom is -0.481 e. The van der Waals surface area contributed by atoms with E-state index in [0.717, 1.165) is 32.4 Å². The fourth-order valence-corrected chi connectivity index (χ4v) is 2.26. The average molecular weight is 197 g/mol. The molecule has 4 heteroatoms. The van der Waals surface area contributed by atoms with Gasteiger partial charge < -0.3 is 10.0 Å². The van der Waals surface area contributed by atoms with Crippen molar-refractivity contribution in [3.63, 3.8) is 0 Å². The van der Waals surface area contributed by atoms with Gasteiger partial charge in [-0.15, -0.1) is 0 Å². The highest BCUT2D eigenvalue weighted by atomic mass is 16.4. The monoisotopic (exact) mass is 197 g/mol. The fraction of sp³-hybridized carbons (Fsp3) is 0.800. The zero-order valence-electron chi connectivity index (χ0n) is 8.11. The number of amides is 1. The number of hydrogen-bond donors (Lipinski definition) is 1. The molecule has 14 heavy (non-hydrogen) atoms. The van der Waals surface area contributed by atoms with Gasteiger partial charge in [0.2, 0.25) is 5.91 Å². The maximum Gasteiger partial charge on any atom is 0.307 e. The molecular weight excluding hydrogens is 182 g/mol. The highest BCUT2D eigenvalue weighted by Gasteiger charge is 2.43. The van der Waals surface area contributed by atoms with E-state index in [9.17, 15) is 9.59 Å². The van der Waals surface area contributed by atoms with Crippen LogP contribution in [0.25, 0.3) is 0 Å². The van der Waals surface area contributed by atoms with Crippen LogP contribution in [0.5, 0.6) is 0 Å². The predicted molar refractivity (Wildman–Crippen MR) is 49.7 cm³/mol. The summed E-state index contributed by atoms with van der Waals surface area (Å²) in [5.41, 5.74) is 0. The van der Waals surface area contributed by atoms with Crippen LogP contribution >= 0.6 is 0 Å². The van der Waals surface area contributed by atoms with Gasteiger partial charge in [0.05, 0.1) is 11.8 Å². The van der Waals surface area contributed by atoms with Crippen LogP contribution < -0.4 is 0 Å². The number of carboxylic acid groups (broad SMARTS) is 1. The first-order valence-electron chi connectivity index (χ1n) is 5.22. The molecule has 2 atom stereocenters. The zero-order valence-corrected chi connectivity index (χ0v) is 8.11. The molecule has 2 rings (SSSR count). The highest BCUT2D eigenvalue weighted by Crippen LogP contribution is 2.36. The number of nitrogens with zero attached hydrogens (tertiary/aromatic N) is 1. The minimum atomic E-state index is -0.811. The smallest absolute Gasteiger partial charge is 0.307 e. The van der Waals surface area contributed by atoms with Crippen molar-refractivity contribution >= 4 is 11.9 Å². The van der Waals surface area contributed by atoms with Crippen LogP contribution in [0.2, 0.25) is 0 Å². The first-order chi connectivity index (χ1) is 6.70. The van der Waals surface area contributed by atoms with E-state index in [2.05, 4.69) is 0 Å². The van der Waals surface area contributed by atoms with E-state index in [1.165, 1.54) is 0 Å². The molecule has 1 heterocycles. The molecule has 1 N–H and O–H groups in total. The Kier molecular flexibility index (Phi) is 2.44. The van der Waals surface area contributed by atoms with E-state index >= 15 is 0 Å². The molecule has 1 saturated carbocycles. The third-order valence-corrected chi connectivity index (χ3v) is 3.33. The molecule has 2 fully saturated rings. The SMILES string of the molecule is O=C(O)C1CCC1C(=O)N1CCCC1. The second-order valence-electron chi connectivity index (χ2n) is 4.16. The highest BCUT2D eigenvalue weighted by molar-refractivity contribution is 5.86. The van der Waals surface area contributed by atoms with Gasteiger partial charge in [-0.2, -0.15) is 0 Å². The van der Waals surface area contributed by atoms with Crippen LogP contribution in [0.4, 0.5) is 0 Å². The van der Waals surface area contributed by atoms with E-state index < -0.39 is 11.9 Å². The molecule has 1 saturated heterocycles. The molecule has 2 unspecified atom stereocenters. The molecule has 0 aromatic rings. The topological polar surface area (TPSA) is 57.6 Å². The third-order valence-electron chi connectivity index (χ3n) is 3.33. The van der Waals surface area contributed by atoms with Crippen molar-refractivity contribution in [2.24, 2.45) is 11.8 Å². The van der Waals surface area contributed by atoms with Gasteiger partial charge in [0, 0.05) is 13.1 Å². The second-order valence-corrected chi connectivity index (χ2v) is 4.16. The summed E-state index contributed by atoms with van der Waals surface area (Å²) in [5.74, 6) is -1.39. The Hall–Kier alpha value is -1.06. The Bertz CT molecular complexity index is 258. The summed E-state index contributed by atoms with van der Waals surface area (Å²) in [7, 11) is 0. The summed E-state index contributed by atoms with van der Waals surface area (Å²) in [6, 6.07) is 0. The lowest BCUT2D eigenvalue weighted by atomic mass is 9.73. The Labute approximate surface area is 82.9 Å². The minimum absolute atomic E-state index is 0.0705. The van der Waals surface area contributed by atoms with Gasteiger partial charge in [-0.1, -0.05) is 0 Å². The van der Waals surface area contributed by atoms with Gasteiger partial charge in [-0.25, -0.2) is 0 Å². The van der Waals surface area contributed by atoms with E-state index in [1.54, 1.807) is 0 Å². The third kappa shape index (κ3) is 1.49. The largest absolute Gasteiger partial charge is 0.481 e. The summed E-state index contributed by atoms with van der Waals surface area (Å²) < 4.78 is 0. The molecule has 0 radical (unpaired) electrons. The number of aliphatic carboxylic acids is 1. The number of carbonyl (C=O) groups is 2. The van der Waals surface area contributed by atoms with Crippen LogP contribution in [0.3, 0.4) is 0 Å². The summed E-state index contributed by atoms with van der Waals surface area (Å²) in [6.07, 6.45) is 3.55. The summed E-state index contributed by atoms with van der Waals surface area (Å²) in [6.45, 7) is 1.64. The van der Waals surface area contributed by atoms with Crippen molar-refractivity contribution in [1.29, 1.82) is 0 Å². The summed E-state index contributed by atoms with van der Waals surface area (Å²) >= 11 is 0. The number of hydrogen-bond acceptors (Lipinski definition) is 2. The van der Waals surface area contributed by atoms with Crippen LogP contribution in [0.15, 0.2) is 0 Å². The van der Waals surface area contributed by atoms with E-state index in [1.807, 2.05) is 4.90 Å². The predicted octanol–water partition coefficient (Wildman–Crippen LogP) is 0.720. The van der Waals surface area contributed by atoms with Crippen LogP contribution in [-0.4, -0.2) is 35.0 Å². The van der Waals surface area contributed by atoms with E-state index in [4.69, 9.17) is 5.11 Å². The van der Waals surface area contributed by atoms with Crippen molar-refractivity contribution < 1.29 is 14.7 Å². The van der Waals surface area contributed by atoms with Crippen LogP contribution in [0.1, 0.15) is 25.7 Å². The molecular formula is C10H15NO3. The first-order valence-corrected chi connectivity index (χ1v) is 5.22. The zero-order chi connectivity index (χ0) is 10.1. The Morgan fingerprint density at radius 1 is 1.07 bits per heavy atom. The lowest BCUT2D eigenvalue weighted by Gasteiger charge is -2.34. The lowest BCUT2D eigenvalue weighted by molar-refractivity contribution is -0.156. The lowest BCUT2D eigenvalue weighted by Crippen LogP contribution is -2.45. The average Bonchev–Trinajstić information content (AvgIpc) is 2.51. The first kappa shape index (κ1) is 9.49. The van der Waals surface area contributed by atoms with Crippen molar-refractivity contribution in [2.45, 2.75) is 25.7 Å². The standard InChI is InChI=1S/C10H15NO3/c12-9(11-5-1-2-6-11)7-3-4-8(7)10(13)14/h7-8H,1-6H2,(H,13,14). The molecule has 4 nitrogen and oxygen atoms in total. The van der Waals surface area contributed by atoms with Crippen molar-refractivity contribution in [3.05, 3.63) is 0 Å². The van der Waals surface area contributed by atoms with Gasteiger partial charge in [0.25, 0.3) is 0 Å².